The first-order valence-corrected chi connectivity index (χ1v) is 17.2. The molecule has 4 aromatic rings. The summed E-state index contributed by atoms with van der Waals surface area (Å²) in [5, 5.41) is 0. The summed E-state index contributed by atoms with van der Waals surface area (Å²) in [6.45, 7) is 6.92. The van der Waals surface area contributed by atoms with Gasteiger partial charge >= 0.3 is 23.9 Å². The Kier molecular flexibility index (Phi) is 15.1. The molecule has 0 aliphatic carbocycles. The minimum atomic E-state index is -0.745. The number of unbranched alkanes of at least 4 members (excludes halogenated alkanes) is 4. The molecule has 0 radical (unpaired) electrons. The third-order valence-electron chi connectivity index (χ3n) is 7.57. The normalized spacial score (nSPS) is 11.2. The van der Waals surface area contributed by atoms with Crippen molar-refractivity contribution in [2.45, 2.75) is 65.4 Å². The molecule has 0 aromatic heterocycles. The first-order valence-electron chi connectivity index (χ1n) is 17.2. The van der Waals surface area contributed by atoms with Crippen LogP contribution in [0, 0.1) is 0 Å². The van der Waals surface area contributed by atoms with Crippen molar-refractivity contribution in [1.29, 1.82) is 0 Å². The summed E-state index contributed by atoms with van der Waals surface area (Å²) in [7, 11) is 0. The van der Waals surface area contributed by atoms with Gasteiger partial charge < -0.3 is 28.4 Å². The topological polar surface area (TPSA) is 124 Å². The lowest BCUT2D eigenvalue weighted by molar-refractivity contribution is 0.00447. The molecule has 268 valence electrons. The van der Waals surface area contributed by atoms with Crippen molar-refractivity contribution in [3.05, 3.63) is 119 Å². The quantitative estimate of drug-likeness (QED) is 0.0534. The van der Waals surface area contributed by atoms with E-state index in [2.05, 4.69) is 13.8 Å². The molecule has 0 spiro atoms. The van der Waals surface area contributed by atoms with Gasteiger partial charge in [-0.15, -0.1) is 0 Å². The number of hydrogen-bond acceptors (Lipinski definition) is 10. The molecule has 10 nitrogen and oxygen atoms in total. The maximum absolute atomic E-state index is 12.6. The second kappa shape index (κ2) is 20.1. The van der Waals surface area contributed by atoms with E-state index in [1.54, 1.807) is 55.5 Å². The van der Waals surface area contributed by atoms with E-state index in [1.807, 2.05) is 0 Å². The van der Waals surface area contributed by atoms with Crippen LogP contribution >= 0.6 is 0 Å². The molecule has 0 heterocycles. The summed E-state index contributed by atoms with van der Waals surface area (Å²) in [6.07, 6.45) is 5.63. The number of benzene rings is 4. The zero-order valence-corrected chi connectivity index (χ0v) is 29.3. The summed E-state index contributed by atoms with van der Waals surface area (Å²) in [4.78, 5) is 50.3. The van der Waals surface area contributed by atoms with Crippen LogP contribution in [0.1, 0.15) is 101 Å². The summed E-state index contributed by atoms with van der Waals surface area (Å²) in [5.41, 5.74) is 1.19. The zero-order valence-electron chi connectivity index (χ0n) is 29.3. The van der Waals surface area contributed by atoms with Gasteiger partial charge in [0.1, 0.15) is 35.7 Å². The van der Waals surface area contributed by atoms with Crippen LogP contribution in [0.3, 0.4) is 0 Å². The maximum Gasteiger partial charge on any atom is 0.343 e. The van der Waals surface area contributed by atoms with Gasteiger partial charge in [-0.1, -0.05) is 39.5 Å². The minimum Gasteiger partial charge on any atom is -0.494 e. The molecule has 0 fully saturated rings. The maximum atomic E-state index is 12.6. The van der Waals surface area contributed by atoms with Crippen molar-refractivity contribution in [2.75, 3.05) is 19.8 Å². The highest BCUT2D eigenvalue weighted by atomic mass is 16.6. The smallest absolute Gasteiger partial charge is 0.343 e. The van der Waals surface area contributed by atoms with Crippen LogP contribution in [-0.2, 0) is 9.47 Å². The molecule has 0 aliphatic heterocycles. The summed E-state index contributed by atoms with van der Waals surface area (Å²) >= 11 is 0. The predicted octanol–water partition coefficient (Wildman–Crippen LogP) is 8.67. The van der Waals surface area contributed by atoms with E-state index in [-0.39, 0.29) is 29.2 Å². The van der Waals surface area contributed by atoms with Crippen LogP contribution in [0.25, 0.3) is 0 Å². The molecule has 0 amide bonds. The molecule has 0 saturated carbocycles. The van der Waals surface area contributed by atoms with Crippen molar-refractivity contribution < 1.29 is 47.6 Å². The third kappa shape index (κ3) is 12.6. The zero-order chi connectivity index (χ0) is 36.4. The van der Waals surface area contributed by atoms with Gasteiger partial charge in [-0.3, -0.25) is 0 Å². The standard InChI is InChI=1S/C41H44O10/c1-4-6-8-26-46-34-18-10-32(11-19-34)40(44)50-36-22-14-30(15-23-36)38(42)48-28-29(3)49-39(43)31-16-24-37(25-17-31)51-41(45)33-12-20-35(21-13-33)47-27-9-7-5-2/h10-25,29H,4-9,26-28H2,1-3H3. The van der Waals surface area contributed by atoms with Crippen molar-refractivity contribution in [3.63, 3.8) is 0 Å². The lowest BCUT2D eigenvalue weighted by atomic mass is 10.2. The lowest BCUT2D eigenvalue weighted by Gasteiger charge is -2.14. The van der Waals surface area contributed by atoms with Gasteiger partial charge in [0.15, 0.2) is 0 Å². The van der Waals surface area contributed by atoms with Crippen molar-refractivity contribution >= 4 is 23.9 Å². The third-order valence-corrected chi connectivity index (χ3v) is 7.57. The molecule has 0 N–H and O–H groups in total. The highest BCUT2D eigenvalue weighted by Crippen LogP contribution is 2.20. The first kappa shape index (κ1) is 38.2. The fraction of sp³-hybridized carbons (Fsp3) is 0.317. The summed E-state index contributed by atoms with van der Waals surface area (Å²) in [6, 6.07) is 25.3. The molecule has 51 heavy (non-hydrogen) atoms. The molecular weight excluding hydrogens is 652 g/mol. The van der Waals surface area contributed by atoms with Crippen molar-refractivity contribution in [2.24, 2.45) is 0 Å². The molecule has 0 saturated heterocycles. The van der Waals surface area contributed by atoms with Crippen LogP contribution in [0.5, 0.6) is 23.0 Å². The lowest BCUT2D eigenvalue weighted by Crippen LogP contribution is -2.22. The Hall–Kier alpha value is -5.64. The van der Waals surface area contributed by atoms with Crippen LogP contribution in [0.2, 0.25) is 0 Å². The largest absolute Gasteiger partial charge is 0.494 e. The van der Waals surface area contributed by atoms with Crippen LogP contribution in [-0.4, -0.2) is 49.8 Å². The van der Waals surface area contributed by atoms with Crippen LogP contribution < -0.4 is 18.9 Å². The van der Waals surface area contributed by atoms with Crippen molar-refractivity contribution in [3.8, 4) is 23.0 Å². The highest BCUT2D eigenvalue weighted by molar-refractivity contribution is 5.93. The van der Waals surface area contributed by atoms with Gasteiger partial charge in [0.05, 0.1) is 35.5 Å². The van der Waals surface area contributed by atoms with Gasteiger partial charge in [-0.25, -0.2) is 19.2 Å². The van der Waals surface area contributed by atoms with Crippen LogP contribution in [0.4, 0.5) is 0 Å². The molecule has 1 atom stereocenters. The molecular formula is C41H44O10. The number of carbonyl (C=O) groups is 4. The van der Waals surface area contributed by atoms with E-state index in [9.17, 15) is 19.2 Å². The molecule has 0 bridgehead atoms. The van der Waals surface area contributed by atoms with Crippen molar-refractivity contribution in [1.82, 2.24) is 0 Å². The van der Waals surface area contributed by atoms with Gasteiger partial charge in [-0.05, 0) is 117 Å². The molecule has 4 aromatic carbocycles. The first-order chi connectivity index (χ1) is 24.7. The van der Waals surface area contributed by atoms with E-state index in [4.69, 9.17) is 28.4 Å². The number of ether oxygens (including phenoxy) is 6. The Bertz CT molecular complexity index is 1700. The second-order valence-corrected chi connectivity index (χ2v) is 11.8. The highest BCUT2D eigenvalue weighted by Gasteiger charge is 2.17. The average Bonchev–Trinajstić information content (AvgIpc) is 3.15. The number of esters is 4. The molecule has 4 rings (SSSR count). The Morgan fingerprint density at radius 1 is 0.471 bits per heavy atom. The number of carbonyl (C=O) groups excluding carboxylic acids is 4. The predicted molar refractivity (Wildman–Crippen MR) is 191 cm³/mol. The van der Waals surface area contributed by atoms with E-state index in [1.165, 1.54) is 48.5 Å². The van der Waals surface area contributed by atoms with E-state index in [0.717, 1.165) is 38.5 Å². The van der Waals surface area contributed by atoms with E-state index < -0.39 is 30.0 Å². The monoisotopic (exact) mass is 696 g/mol. The SMILES string of the molecule is CCCCCOc1ccc(C(=O)Oc2ccc(C(=O)OCC(C)OC(=O)c3ccc(OC(=O)c4ccc(OCCCCC)cc4)cc3)cc2)cc1. The summed E-state index contributed by atoms with van der Waals surface area (Å²) in [5.74, 6) is -0.459. The fourth-order valence-corrected chi connectivity index (χ4v) is 4.67. The van der Waals surface area contributed by atoms with Crippen LogP contribution in [0.15, 0.2) is 97.1 Å². The Morgan fingerprint density at radius 2 is 0.824 bits per heavy atom. The number of hydrogen-bond donors (Lipinski definition) is 0. The van der Waals surface area contributed by atoms with E-state index >= 15 is 0 Å². The van der Waals surface area contributed by atoms with E-state index in [0.29, 0.717) is 35.8 Å². The second-order valence-electron chi connectivity index (χ2n) is 11.8. The van der Waals surface area contributed by atoms with Gasteiger partial charge in [0.25, 0.3) is 0 Å². The van der Waals surface area contributed by atoms with Gasteiger partial charge in [0.2, 0.25) is 0 Å². The number of rotatable bonds is 19. The Morgan fingerprint density at radius 3 is 1.22 bits per heavy atom. The molecule has 1 unspecified atom stereocenters. The molecule has 0 aliphatic rings. The van der Waals surface area contributed by atoms with Gasteiger partial charge in [0, 0.05) is 0 Å². The summed E-state index contributed by atoms with van der Waals surface area (Å²) < 4.78 is 32.9. The minimum absolute atomic E-state index is 0.183. The average molecular weight is 697 g/mol. The Labute approximate surface area is 298 Å². The fourth-order valence-electron chi connectivity index (χ4n) is 4.67. The molecule has 10 heteroatoms. The Balaban J connectivity index is 1.17. The van der Waals surface area contributed by atoms with Gasteiger partial charge in [-0.2, -0.15) is 0 Å².